The minimum Gasteiger partial charge on any atom is -0.497 e. The topological polar surface area (TPSA) is 44.7 Å². The molecular weight excluding hydrogens is 312 g/mol. The molecule has 0 unspecified atom stereocenters. The SMILES string of the molecule is COc1cccc(CNc2cccc(CN3CCC(CO)CC3)c2)c1. The highest BCUT2D eigenvalue weighted by Crippen LogP contribution is 2.20. The van der Waals surface area contributed by atoms with E-state index in [4.69, 9.17) is 4.74 Å². The molecule has 3 rings (SSSR count). The van der Waals surface area contributed by atoms with E-state index in [1.807, 2.05) is 12.1 Å². The zero-order valence-electron chi connectivity index (χ0n) is 14.9. The Morgan fingerprint density at radius 3 is 2.60 bits per heavy atom. The van der Waals surface area contributed by atoms with Gasteiger partial charge in [0.05, 0.1) is 7.11 Å². The van der Waals surface area contributed by atoms with Crippen LogP contribution in [-0.2, 0) is 13.1 Å². The van der Waals surface area contributed by atoms with Gasteiger partial charge in [-0.05, 0) is 67.2 Å². The van der Waals surface area contributed by atoms with Gasteiger partial charge in [-0.15, -0.1) is 0 Å². The molecule has 1 aliphatic heterocycles. The molecule has 4 nitrogen and oxygen atoms in total. The molecule has 0 atom stereocenters. The third-order valence-electron chi connectivity index (χ3n) is 4.93. The van der Waals surface area contributed by atoms with E-state index in [0.717, 1.165) is 50.5 Å². The second kappa shape index (κ2) is 8.88. The smallest absolute Gasteiger partial charge is 0.119 e. The summed E-state index contributed by atoms with van der Waals surface area (Å²) in [5, 5.41) is 12.8. The minimum atomic E-state index is 0.331. The van der Waals surface area contributed by atoms with E-state index < -0.39 is 0 Å². The number of methoxy groups -OCH3 is 1. The number of nitrogens with zero attached hydrogens (tertiary/aromatic N) is 1. The monoisotopic (exact) mass is 340 g/mol. The van der Waals surface area contributed by atoms with Crippen molar-refractivity contribution in [1.82, 2.24) is 4.90 Å². The predicted octanol–water partition coefficient (Wildman–Crippen LogP) is 3.51. The van der Waals surface area contributed by atoms with E-state index >= 15 is 0 Å². The highest BCUT2D eigenvalue weighted by molar-refractivity contribution is 5.46. The Morgan fingerprint density at radius 1 is 1.08 bits per heavy atom. The van der Waals surface area contributed by atoms with E-state index in [-0.39, 0.29) is 0 Å². The van der Waals surface area contributed by atoms with Crippen molar-refractivity contribution in [2.24, 2.45) is 5.92 Å². The molecule has 1 heterocycles. The highest BCUT2D eigenvalue weighted by atomic mass is 16.5. The molecule has 0 aromatic heterocycles. The molecular formula is C21H28N2O2. The fourth-order valence-corrected chi connectivity index (χ4v) is 3.35. The molecule has 134 valence electrons. The lowest BCUT2D eigenvalue weighted by molar-refractivity contribution is 0.127. The van der Waals surface area contributed by atoms with Gasteiger partial charge in [-0.1, -0.05) is 24.3 Å². The number of piperidine rings is 1. The van der Waals surface area contributed by atoms with Gasteiger partial charge in [-0.3, -0.25) is 4.90 Å². The van der Waals surface area contributed by atoms with Crippen molar-refractivity contribution in [3.05, 3.63) is 59.7 Å². The Morgan fingerprint density at radius 2 is 1.84 bits per heavy atom. The van der Waals surface area contributed by atoms with E-state index in [9.17, 15) is 5.11 Å². The Kier molecular flexibility index (Phi) is 6.31. The van der Waals surface area contributed by atoms with Gasteiger partial charge in [0.1, 0.15) is 5.75 Å². The molecule has 0 saturated carbocycles. The van der Waals surface area contributed by atoms with Crippen LogP contribution in [0.15, 0.2) is 48.5 Å². The Bertz CT molecular complexity index is 666. The fraction of sp³-hybridized carbons (Fsp3) is 0.429. The first-order valence-electron chi connectivity index (χ1n) is 9.06. The van der Waals surface area contributed by atoms with Gasteiger partial charge in [0.25, 0.3) is 0 Å². The van der Waals surface area contributed by atoms with Crippen LogP contribution in [0.4, 0.5) is 5.69 Å². The largest absolute Gasteiger partial charge is 0.497 e. The average molecular weight is 340 g/mol. The first kappa shape index (κ1) is 17.8. The lowest BCUT2D eigenvalue weighted by Crippen LogP contribution is -2.34. The molecule has 0 radical (unpaired) electrons. The second-order valence-corrected chi connectivity index (χ2v) is 6.81. The molecule has 0 amide bonds. The number of aliphatic hydroxyl groups excluding tert-OH is 1. The van der Waals surface area contributed by atoms with Gasteiger partial charge in [0.15, 0.2) is 0 Å². The van der Waals surface area contributed by atoms with Crippen molar-refractivity contribution in [3.8, 4) is 5.75 Å². The van der Waals surface area contributed by atoms with Crippen LogP contribution < -0.4 is 10.1 Å². The molecule has 25 heavy (non-hydrogen) atoms. The molecule has 0 aliphatic carbocycles. The maximum Gasteiger partial charge on any atom is 0.119 e. The van der Waals surface area contributed by atoms with Gasteiger partial charge in [0.2, 0.25) is 0 Å². The summed E-state index contributed by atoms with van der Waals surface area (Å²) in [6.45, 7) is 4.24. The molecule has 0 spiro atoms. The summed E-state index contributed by atoms with van der Waals surface area (Å²) in [6, 6.07) is 16.8. The van der Waals surface area contributed by atoms with Gasteiger partial charge >= 0.3 is 0 Å². The number of ether oxygens (including phenoxy) is 1. The molecule has 0 bridgehead atoms. The van der Waals surface area contributed by atoms with Crippen LogP contribution in [0.5, 0.6) is 5.75 Å². The molecule has 4 heteroatoms. The van der Waals surface area contributed by atoms with Gasteiger partial charge in [-0.25, -0.2) is 0 Å². The van der Waals surface area contributed by atoms with Crippen molar-refractivity contribution in [3.63, 3.8) is 0 Å². The van der Waals surface area contributed by atoms with Crippen LogP contribution >= 0.6 is 0 Å². The summed E-state index contributed by atoms with van der Waals surface area (Å²) < 4.78 is 5.28. The number of nitrogens with one attached hydrogen (secondary N) is 1. The standard InChI is InChI=1S/C21H28N2O2/c1-25-21-7-3-4-18(13-21)14-22-20-6-2-5-19(12-20)15-23-10-8-17(16-24)9-11-23/h2-7,12-13,17,22,24H,8-11,14-16H2,1H3. The van der Waals surface area contributed by atoms with E-state index in [1.54, 1.807) is 7.11 Å². The molecule has 1 fully saturated rings. The third kappa shape index (κ3) is 5.21. The third-order valence-corrected chi connectivity index (χ3v) is 4.93. The van der Waals surface area contributed by atoms with Crippen molar-refractivity contribution < 1.29 is 9.84 Å². The molecule has 1 aliphatic rings. The average Bonchev–Trinajstić information content (AvgIpc) is 2.67. The van der Waals surface area contributed by atoms with Crippen molar-refractivity contribution in [2.45, 2.75) is 25.9 Å². The Balaban J connectivity index is 1.54. The summed E-state index contributed by atoms with van der Waals surface area (Å²) >= 11 is 0. The minimum absolute atomic E-state index is 0.331. The zero-order valence-corrected chi connectivity index (χ0v) is 14.9. The van der Waals surface area contributed by atoms with E-state index in [0.29, 0.717) is 12.5 Å². The lowest BCUT2D eigenvalue weighted by atomic mass is 9.97. The molecule has 2 N–H and O–H groups in total. The van der Waals surface area contributed by atoms with Crippen molar-refractivity contribution >= 4 is 5.69 Å². The molecule has 2 aromatic carbocycles. The maximum atomic E-state index is 9.25. The van der Waals surface area contributed by atoms with Gasteiger partial charge in [-0.2, -0.15) is 0 Å². The lowest BCUT2D eigenvalue weighted by Gasteiger charge is -2.31. The fourth-order valence-electron chi connectivity index (χ4n) is 3.35. The number of rotatable bonds is 7. The normalized spacial score (nSPS) is 15.9. The molecule has 1 saturated heterocycles. The number of likely N-dealkylation sites (tertiary alicyclic amines) is 1. The van der Waals surface area contributed by atoms with Crippen LogP contribution in [0.2, 0.25) is 0 Å². The number of hydrogen-bond acceptors (Lipinski definition) is 4. The summed E-state index contributed by atoms with van der Waals surface area (Å²) in [6.07, 6.45) is 2.20. The summed E-state index contributed by atoms with van der Waals surface area (Å²) in [7, 11) is 1.69. The van der Waals surface area contributed by atoms with Crippen LogP contribution in [0.25, 0.3) is 0 Å². The highest BCUT2D eigenvalue weighted by Gasteiger charge is 2.18. The van der Waals surface area contributed by atoms with Crippen LogP contribution in [0, 0.1) is 5.92 Å². The first-order chi connectivity index (χ1) is 12.3. The number of benzene rings is 2. The number of hydrogen-bond donors (Lipinski definition) is 2. The van der Waals surface area contributed by atoms with Gasteiger partial charge in [0, 0.05) is 25.4 Å². The molecule has 2 aromatic rings. The number of anilines is 1. The summed E-state index contributed by atoms with van der Waals surface area (Å²) in [4.78, 5) is 2.48. The number of aliphatic hydroxyl groups is 1. The summed E-state index contributed by atoms with van der Waals surface area (Å²) in [5.41, 5.74) is 3.68. The summed E-state index contributed by atoms with van der Waals surface area (Å²) in [5.74, 6) is 1.38. The predicted molar refractivity (Wildman–Crippen MR) is 102 cm³/mol. The maximum absolute atomic E-state index is 9.25. The van der Waals surface area contributed by atoms with Crippen LogP contribution in [0.1, 0.15) is 24.0 Å². The van der Waals surface area contributed by atoms with E-state index in [1.165, 1.54) is 11.1 Å². The van der Waals surface area contributed by atoms with Crippen LogP contribution in [-0.4, -0.2) is 36.8 Å². The zero-order chi connectivity index (χ0) is 17.5. The van der Waals surface area contributed by atoms with Crippen molar-refractivity contribution in [1.29, 1.82) is 0 Å². The Hall–Kier alpha value is -2.04. The second-order valence-electron chi connectivity index (χ2n) is 6.81. The van der Waals surface area contributed by atoms with Gasteiger partial charge < -0.3 is 15.2 Å². The van der Waals surface area contributed by atoms with E-state index in [2.05, 4.69) is 46.6 Å². The Labute approximate surface area is 150 Å². The quantitative estimate of drug-likeness (QED) is 0.810. The first-order valence-corrected chi connectivity index (χ1v) is 9.06. The van der Waals surface area contributed by atoms with Crippen molar-refractivity contribution in [2.75, 3.05) is 32.1 Å². The van der Waals surface area contributed by atoms with Crippen LogP contribution in [0.3, 0.4) is 0 Å².